The van der Waals surface area contributed by atoms with E-state index in [1.807, 2.05) is 18.2 Å². The van der Waals surface area contributed by atoms with Crippen molar-refractivity contribution >= 4 is 0 Å². The van der Waals surface area contributed by atoms with Crippen LogP contribution in [0.3, 0.4) is 0 Å². The molecule has 2 rings (SSSR count). The van der Waals surface area contributed by atoms with E-state index in [-0.39, 0.29) is 0 Å². The lowest BCUT2D eigenvalue weighted by molar-refractivity contribution is 0.649. The highest BCUT2D eigenvalue weighted by Crippen LogP contribution is 1.99. The van der Waals surface area contributed by atoms with Crippen LogP contribution in [-0.2, 0) is 6.54 Å². The lowest BCUT2D eigenvalue weighted by atomic mass is 10.2. The minimum absolute atomic E-state index is 0.761. The number of benzene rings is 1. The summed E-state index contributed by atoms with van der Waals surface area (Å²) >= 11 is 0. The number of hydrogen-bond acceptors (Lipinski definition) is 2. The van der Waals surface area contributed by atoms with Gasteiger partial charge in [0.1, 0.15) is 6.20 Å². The van der Waals surface area contributed by atoms with Gasteiger partial charge in [0, 0.05) is 0 Å². The summed E-state index contributed by atoms with van der Waals surface area (Å²) in [6.07, 6.45) is 4.38. The number of hydrogen-bond donors (Lipinski definition) is 0. The maximum atomic E-state index is 3.82. The maximum Gasteiger partial charge on any atom is 0.134 e. The third-order valence-corrected chi connectivity index (χ3v) is 1.61. The zero-order valence-electron chi connectivity index (χ0n) is 6.51. The molecule has 0 unspecified atom stereocenters. The topological polar surface area (TPSA) is 30.7 Å². The van der Waals surface area contributed by atoms with E-state index in [4.69, 9.17) is 0 Å². The fourth-order valence-corrected chi connectivity index (χ4v) is 1.05. The quantitative estimate of drug-likeness (QED) is 0.655. The van der Waals surface area contributed by atoms with Crippen molar-refractivity contribution < 1.29 is 0 Å². The molecule has 2 aromatic rings. The highest BCUT2D eigenvalue weighted by molar-refractivity contribution is 5.14. The first-order chi connectivity index (χ1) is 5.95. The predicted octanol–water partition coefficient (Wildman–Crippen LogP) is 1.13. The number of rotatable bonds is 2. The molecule has 3 nitrogen and oxygen atoms in total. The molecule has 0 amide bonds. The van der Waals surface area contributed by atoms with Gasteiger partial charge in [-0.05, 0) is 5.56 Å². The fourth-order valence-electron chi connectivity index (χ4n) is 1.05. The Morgan fingerprint density at radius 3 is 2.75 bits per heavy atom. The summed E-state index contributed by atoms with van der Waals surface area (Å²) in [5.41, 5.74) is 1.22. The minimum Gasteiger partial charge on any atom is -0.247 e. The van der Waals surface area contributed by atoms with E-state index < -0.39 is 0 Å². The molecule has 12 heavy (non-hydrogen) atoms. The first kappa shape index (κ1) is 7.03. The van der Waals surface area contributed by atoms with Crippen molar-refractivity contribution in [3.8, 4) is 0 Å². The average molecular weight is 158 g/mol. The second-order valence-electron chi connectivity index (χ2n) is 2.53. The van der Waals surface area contributed by atoms with Crippen LogP contribution in [0.4, 0.5) is 0 Å². The predicted molar refractivity (Wildman–Crippen MR) is 44.4 cm³/mol. The van der Waals surface area contributed by atoms with E-state index in [0.717, 1.165) is 6.54 Å². The van der Waals surface area contributed by atoms with Crippen LogP contribution in [0.25, 0.3) is 0 Å². The zero-order valence-corrected chi connectivity index (χ0v) is 6.51. The van der Waals surface area contributed by atoms with Gasteiger partial charge in [0.25, 0.3) is 0 Å². The van der Waals surface area contributed by atoms with Gasteiger partial charge in [-0.2, -0.15) is 0 Å². The highest BCUT2D eigenvalue weighted by atomic mass is 15.4. The second kappa shape index (κ2) is 3.17. The Bertz CT molecular complexity index is 326. The van der Waals surface area contributed by atoms with Crippen LogP contribution in [0, 0.1) is 6.20 Å². The van der Waals surface area contributed by atoms with Gasteiger partial charge >= 0.3 is 0 Å². The van der Waals surface area contributed by atoms with Gasteiger partial charge in [-0.25, -0.2) is 4.68 Å². The van der Waals surface area contributed by atoms with E-state index in [2.05, 4.69) is 28.6 Å². The summed E-state index contributed by atoms with van der Waals surface area (Å²) in [5, 5.41) is 7.43. The van der Waals surface area contributed by atoms with Crippen molar-refractivity contribution in [3.05, 3.63) is 48.3 Å². The van der Waals surface area contributed by atoms with Crippen molar-refractivity contribution in [1.29, 1.82) is 0 Å². The minimum atomic E-state index is 0.761. The summed E-state index contributed by atoms with van der Waals surface area (Å²) in [5.74, 6) is 0. The SMILES string of the molecule is [c]1cn(Cc2ccccc2)nn1. The maximum absolute atomic E-state index is 3.82. The molecule has 0 aliphatic rings. The van der Waals surface area contributed by atoms with Crippen LogP contribution in [0.5, 0.6) is 0 Å². The third kappa shape index (κ3) is 1.50. The summed E-state index contributed by atoms with van der Waals surface area (Å²) in [4.78, 5) is 0. The molecule has 0 aliphatic carbocycles. The molecule has 1 heterocycles. The molecule has 0 fully saturated rings. The zero-order chi connectivity index (χ0) is 8.23. The number of aromatic nitrogens is 3. The summed E-state index contributed by atoms with van der Waals surface area (Å²) in [7, 11) is 0. The van der Waals surface area contributed by atoms with Gasteiger partial charge in [-0.15, -0.1) is 5.10 Å². The molecular weight excluding hydrogens is 150 g/mol. The van der Waals surface area contributed by atoms with Crippen LogP contribution in [0.15, 0.2) is 36.5 Å². The van der Waals surface area contributed by atoms with Gasteiger partial charge in [-0.1, -0.05) is 35.5 Å². The molecular formula is C9H8N3. The van der Waals surface area contributed by atoms with Crippen LogP contribution in [0.1, 0.15) is 5.56 Å². The van der Waals surface area contributed by atoms with Crippen LogP contribution in [-0.4, -0.2) is 15.0 Å². The van der Waals surface area contributed by atoms with E-state index >= 15 is 0 Å². The second-order valence-corrected chi connectivity index (χ2v) is 2.53. The Balaban J connectivity index is 2.15. The highest BCUT2D eigenvalue weighted by Gasteiger charge is 1.92. The van der Waals surface area contributed by atoms with E-state index in [1.54, 1.807) is 10.9 Å². The normalized spacial score (nSPS) is 10.0. The lowest BCUT2D eigenvalue weighted by Crippen LogP contribution is -1.99. The van der Waals surface area contributed by atoms with Crippen LogP contribution in [0.2, 0.25) is 0 Å². The Kier molecular flexibility index (Phi) is 1.86. The molecule has 0 saturated carbocycles. The van der Waals surface area contributed by atoms with E-state index in [9.17, 15) is 0 Å². The van der Waals surface area contributed by atoms with Gasteiger partial charge in [0.2, 0.25) is 0 Å². The molecule has 3 heteroatoms. The van der Waals surface area contributed by atoms with Crippen LogP contribution < -0.4 is 0 Å². The summed E-state index contributed by atoms with van der Waals surface area (Å²) in [6.45, 7) is 0.761. The Hall–Kier alpha value is -1.64. The standard InChI is InChI=1S/C9H8N3/c1-2-4-9(5-3-1)8-12-7-6-10-11-12/h1-5,7H,8H2. The molecule has 0 saturated heterocycles. The Morgan fingerprint density at radius 1 is 1.25 bits per heavy atom. The van der Waals surface area contributed by atoms with Crippen molar-refractivity contribution in [3.63, 3.8) is 0 Å². The lowest BCUT2D eigenvalue weighted by Gasteiger charge is -1.98. The van der Waals surface area contributed by atoms with Gasteiger partial charge in [-0.3, -0.25) is 0 Å². The van der Waals surface area contributed by atoms with Gasteiger partial charge in [0.15, 0.2) is 0 Å². The summed E-state index contributed by atoms with van der Waals surface area (Å²) < 4.78 is 1.75. The molecule has 1 aromatic heterocycles. The summed E-state index contributed by atoms with van der Waals surface area (Å²) in [6, 6.07) is 10.1. The van der Waals surface area contributed by atoms with Crippen molar-refractivity contribution in [1.82, 2.24) is 15.0 Å². The van der Waals surface area contributed by atoms with Crippen molar-refractivity contribution in [2.75, 3.05) is 0 Å². The molecule has 0 atom stereocenters. The molecule has 0 aliphatic heterocycles. The Morgan fingerprint density at radius 2 is 2.08 bits per heavy atom. The Labute approximate surface area is 70.6 Å². The largest absolute Gasteiger partial charge is 0.247 e. The molecule has 0 spiro atoms. The van der Waals surface area contributed by atoms with Gasteiger partial charge in [0.05, 0.1) is 12.7 Å². The first-order valence-electron chi connectivity index (χ1n) is 3.75. The average Bonchev–Trinajstić information content (AvgIpc) is 2.59. The first-order valence-corrected chi connectivity index (χ1v) is 3.75. The van der Waals surface area contributed by atoms with Crippen LogP contribution >= 0.6 is 0 Å². The van der Waals surface area contributed by atoms with Gasteiger partial charge < -0.3 is 0 Å². The van der Waals surface area contributed by atoms with E-state index in [1.165, 1.54) is 5.56 Å². The molecule has 0 bridgehead atoms. The smallest absolute Gasteiger partial charge is 0.134 e. The van der Waals surface area contributed by atoms with Crippen molar-refractivity contribution in [2.45, 2.75) is 6.54 Å². The van der Waals surface area contributed by atoms with E-state index in [0.29, 0.717) is 0 Å². The molecule has 59 valence electrons. The molecule has 1 aromatic carbocycles. The monoisotopic (exact) mass is 158 g/mol. The number of nitrogens with zero attached hydrogens (tertiary/aromatic N) is 3. The fraction of sp³-hybridized carbons (Fsp3) is 0.111. The third-order valence-electron chi connectivity index (χ3n) is 1.61. The molecule has 1 radical (unpaired) electrons. The van der Waals surface area contributed by atoms with Crippen molar-refractivity contribution in [2.24, 2.45) is 0 Å². The molecule has 0 N–H and O–H groups in total.